The minimum absolute atomic E-state index is 0.0671. The summed E-state index contributed by atoms with van der Waals surface area (Å²) in [6.07, 6.45) is 123. The number of esters is 3. The fourth-order valence-electron chi connectivity index (χ4n) is 12.1. The summed E-state index contributed by atoms with van der Waals surface area (Å²) < 4.78 is 61.5. The van der Waals surface area contributed by atoms with Gasteiger partial charge in [-0.2, -0.15) is 0 Å². The van der Waals surface area contributed by atoms with Gasteiger partial charge in [-0.15, -0.1) is 0 Å². The van der Waals surface area contributed by atoms with Crippen molar-refractivity contribution in [2.24, 2.45) is 0 Å². The number of unbranched alkanes of at least 4 members (excludes halogenated alkanes) is 29. The number of allylic oxidation sites excluding steroid dienone is 34. The van der Waals surface area contributed by atoms with Crippen LogP contribution in [0.5, 0.6) is 0 Å². The van der Waals surface area contributed by atoms with E-state index in [-0.39, 0.29) is 19.3 Å². The maximum atomic E-state index is 13.1. The molecule has 0 saturated carbocycles. The SMILES string of the molecule is CC/C=C\C/C=C\C/C=C\C/C=C\C/C=C\C/C=C\CCCCCCCCCCCCCCCCC(=O)OCC(O)COP(=O)(O)OCC(O)COP(=O)(O)OCC(COC(=O)CCCCCCCCCCCCC/C=C\C/C=C\C/C=C\C/C=C\C/C=C\CC)OC(=O)CCCCCC/C=C\C/C=C\C/C=C\C/C=C\C/C=C\C/C=C\CC. The van der Waals surface area contributed by atoms with Gasteiger partial charge in [-0.3, -0.25) is 32.5 Å². The standard InChI is InChI=1S/C101H166O16P2/c1-4-7-10-13-16-19-22-25-28-31-34-37-40-42-44-45-46-47-48-49-51-53-55-57-60-63-66-69-72-75-78-81-84-87-99(104)111-90-96(102)91-113-118(107,108)114-92-97(103)93-115-119(109,110)116-95-98(117-101(106)89-86-83-80-77-74-71-68-65-62-59-54-39-36-33-30-27-24-21-18-15-12-9-6-3)94-112-100(105)88-85-82-79-76-73-70-67-64-61-58-56-52-50-43-41-38-35-32-29-26-23-20-17-14-11-8-5-2/h7-12,16-21,25-30,34-39,42-44,46-47,50,59,62,68,71,96-98,102-103H,4-6,13-15,22-24,31-33,40-41,45,48-49,51-58,60-61,63-67,69-70,72-95H2,1-3H3,(H,107,108)(H,109,110)/b10-7-,11-8-,12-9-,19-16-,20-17-,21-18-,28-25-,29-26-,30-27-,37-34-,38-35-,39-36-,44-42-,47-46-,50-43-,62-59-,71-68-. The third kappa shape index (κ3) is 92.7. The highest BCUT2D eigenvalue weighted by atomic mass is 31.2. The number of hydrogen-bond acceptors (Lipinski definition) is 14. The fourth-order valence-corrected chi connectivity index (χ4v) is 13.7. The lowest BCUT2D eigenvalue weighted by atomic mass is 10.0. The zero-order valence-electron chi connectivity index (χ0n) is 74.5. The molecule has 0 aliphatic carbocycles. The zero-order valence-corrected chi connectivity index (χ0v) is 76.2. The first-order chi connectivity index (χ1) is 58.2. The Morgan fingerprint density at radius 1 is 0.235 bits per heavy atom. The molecule has 0 heterocycles. The van der Waals surface area contributed by atoms with Gasteiger partial charge in [0.05, 0.1) is 26.4 Å². The highest BCUT2D eigenvalue weighted by molar-refractivity contribution is 7.47. The summed E-state index contributed by atoms with van der Waals surface area (Å²) in [6, 6.07) is 0. The first-order valence-corrected chi connectivity index (χ1v) is 49.4. The van der Waals surface area contributed by atoms with Crippen molar-refractivity contribution in [3.63, 3.8) is 0 Å². The average Bonchev–Trinajstić information content (AvgIpc) is 0.911. The van der Waals surface area contributed by atoms with Gasteiger partial charge in [0.2, 0.25) is 0 Å². The number of rotatable bonds is 86. The molecule has 0 aromatic heterocycles. The van der Waals surface area contributed by atoms with Crippen molar-refractivity contribution < 1.29 is 75.8 Å². The molecule has 0 bridgehead atoms. The van der Waals surface area contributed by atoms with E-state index in [0.717, 1.165) is 193 Å². The molecule has 18 heteroatoms. The predicted molar refractivity (Wildman–Crippen MR) is 500 cm³/mol. The molecule has 0 aliphatic rings. The molecule has 0 aliphatic heterocycles. The molecule has 0 rings (SSSR count). The van der Waals surface area contributed by atoms with Crippen LogP contribution in [0.4, 0.5) is 0 Å². The van der Waals surface area contributed by atoms with Gasteiger partial charge in [0.1, 0.15) is 25.4 Å². The number of ether oxygens (including phenoxy) is 3. The van der Waals surface area contributed by atoms with Crippen LogP contribution >= 0.6 is 15.6 Å². The van der Waals surface area contributed by atoms with Crippen molar-refractivity contribution in [3.8, 4) is 0 Å². The Labute approximate surface area is 724 Å². The average molecular weight is 1700 g/mol. The van der Waals surface area contributed by atoms with Gasteiger partial charge in [0.15, 0.2) is 6.10 Å². The van der Waals surface area contributed by atoms with Crippen molar-refractivity contribution >= 4 is 33.6 Å². The van der Waals surface area contributed by atoms with E-state index in [1.54, 1.807) is 0 Å². The van der Waals surface area contributed by atoms with Gasteiger partial charge in [0, 0.05) is 19.3 Å². The minimum Gasteiger partial charge on any atom is -0.463 e. The van der Waals surface area contributed by atoms with Crippen molar-refractivity contribution in [2.45, 2.75) is 373 Å². The molecule has 0 amide bonds. The highest BCUT2D eigenvalue weighted by Crippen LogP contribution is 2.45. The van der Waals surface area contributed by atoms with Crippen LogP contribution < -0.4 is 0 Å². The lowest BCUT2D eigenvalue weighted by Crippen LogP contribution is -2.30. The van der Waals surface area contributed by atoms with Crippen LogP contribution in [0.25, 0.3) is 0 Å². The first kappa shape index (κ1) is 113. The monoisotopic (exact) mass is 1700 g/mol. The second kappa shape index (κ2) is 91.3. The molecule has 5 unspecified atom stereocenters. The molecular formula is C101H166O16P2. The van der Waals surface area contributed by atoms with Crippen LogP contribution in [0.3, 0.4) is 0 Å². The van der Waals surface area contributed by atoms with Crippen molar-refractivity contribution in [1.29, 1.82) is 0 Å². The van der Waals surface area contributed by atoms with E-state index in [1.807, 2.05) is 0 Å². The van der Waals surface area contributed by atoms with Crippen LogP contribution in [-0.4, -0.2) is 95.9 Å². The van der Waals surface area contributed by atoms with E-state index >= 15 is 0 Å². The summed E-state index contributed by atoms with van der Waals surface area (Å²) in [5, 5.41) is 20.7. The van der Waals surface area contributed by atoms with Crippen molar-refractivity contribution in [1.82, 2.24) is 0 Å². The molecule has 0 aromatic rings. The Morgan fingerprint density at radius 3 is 0.664 bits per heavy atom. The molecular weight excluding hydrogens is 1530 g/mol. The van der Waals surface area contributed by atoms with Gasteiger partial charge in [-0.05, 0) is 167 Å². The van der Waals surface area contributed by atoms with E-state index in [4.69, 9.17) is 32.3 Å². The van der Waals surface area contributed by atoms with Crippen LogP contribution in [-0.2, 0) is 55.8 Å². The van der Waals surface area contributed by atoms with Gasteiger partial charge >= 0.3 is 33.6 Å². The smallest absolute Gasteiger partial charge is 0.463 e. The number of aliphatic hydroxyl groups is 2. The quantitative estimate of drug-likeness (QED) is 0.0146. The Morgan fingerprint density at radius 2 is 0.420 bits per heavy atom. The Bertz CT molecular complexity index is 2990. The summed E-state index contributed by atoms with van der Waals surface area (Å²) in [4.78, 5) is 59.0. The van der Waals surface area contributed by atoms with Gasteiger partial charge in [0.25, 0.3) is 0 Å². The number of phosphoric ester groups is 2. The lowest BCUT2D eigenvalue weighted by molar-refractivity contribution is -0.161. The molecule has 119 heavy (non-hydrogen) atoms. The molecule has 5 atom stereocenters. The largest absolute Gasteiger partial charge is 0.472 e. The normalized spacial score (nSPS) is 14.7. The van der Waals surface area contributed by atoms with Crippen molar-refractivity contribution in [3.05, 3.63) is 207 Å². The summed E-state index contributed by atoms with van der Waals surface area (Å²) in [5.41, 5.74) is 0. The van der Waals surface area contributed by atoms with Crippen LogP contribution in [0.1, 0.15) is 355 Å². The molecule has 0 spiro atoms. The summed E-state index contributed by atoms with van der Waals surface area (Å²) in [5.74, 6) is -1.61. The number of phosphoric acid groups is 2. The number of hydrogen-bond donors (Lipinski definition) is 4. The van der Waals surface area contributed by atoms with Crippen molar-refractivity contribution in [2.75, 3.05) is 39.6 Å². The maximum absolute atomic E-state index is 13.1. The van der Waals surface area contributed by atoms with Crippen LogP contribution in [0.15, 0.2) is 207 Å². The zero-order chi connectivity index (χ0) is 86.5. The Kier molecular flexibility index (Phi) is 86.8. The van der Waals surface area contributed by atoms with Gasteiger partial charge < -0.3 is 34.2 Å². The topological polar surface area (TPSA) is 231 Å². The Hall–Kier alpha value is -5.87. The molecule has 676 valence electrons. The molecule has 0 saturated heterocycles. The molecule has 0 fully saturated rings. The van der Waals surface area contributed by atoms with E-state index in [1.165, 1.54) is 103 Å². The first-order valence-electron chi connectivity index (χ1n) is 46.4. The summed E-state index contributed by atoms with van der Waals surface area (Å²) in [6.45, 7) is 2.33. The lowest BCUT2D eigenvalue weighted by Gasteiger charge is -2.21. The van der Waals surface area contributed by atoms with Gasteiger partial charge in [-0.25, -0.2) is 9.13 Å². The Balaban J connectivity index is 4.63. The predicted octanol–water partition coefficient (Wildman–Crippen LogP) is 28.8. The third-order valence-electron chi connectivity index (χ3n) is 19.0. The summed E-state index contributed by atoms with van der Waals surface area (Å²) >= 11 is 0. The summed E-state index contributed by atoms with van der Waals surface area (Å²) in [7, 11) is -9.83. The molecule has 0 radical (unpaired) electrons. The van der Waals surface area contributed by atoms with Crippen LogP contribution in [0, 0.1) is 0 Å². The fraction of sp³-hybridized carbons (Fsp3) is 0.634. The number of carbonyl (C=O) groups excluding carboxylic acids is 3. The number of carbonyl (C=O) groups is 3. The van der Waals surface area contributed by atoms with E-state index in [0.29, 0.717) is 19.3 Å². The molecule has 16 nitrogen and oxygen atoms in total. The van der Waals surface area contributed by atoms with E-state index in [2.05, 4.69) is 227 Å². The van der Waals surface area contributed by atoms with Crippen LogP contribution in [0.2, 0.25) is 0 Å². The maximum Gasteiger partial charge on any atom is 0.472 e. The second-order valence-electron chi connectivity index (χ2n) is 30.3. The van der Waals surface area contributed by atoms with E-state index in [9.17, 15) is 43.5 Å². The van der Waals surface area contributed by atoms with E-state index < -0.39 is 91.5 Å². The third-order valence-corrected chi connectivity index (χ3v) is 20.9. The second-order valence-corrected chi connectivity index (χ2v) is 33.2. The number of aliphatic hydroxyl groups excluding tert-OH is 2. The molecule has 0 aromatic carbocycles. The van der Waals surface area contributed by atoms with Gasteiger partial charge in [-0.1, -0.05) is 375 Å². The highest BCUT2D eigenvalue weighted by Gasteiger charge is 2.29. The molecule has 4 N–H and O–H groups in total. The minimum atomic E-state index is -4.96.